The minimum absolute atomic E-state index is 0.0324. The molecule has 0 spiro atoms. The van der Waals surface area contributed by atoms with Gasteiger partial charge in [-0.2, -0.15) is 0 Å². The van der Waals surface area contributed by atoms with E-state index in [1.54, 1.807) is 4.90 Å². The van der Waals surface area contributed by atoms with Gasteiger partial charge in [-0.15, -0.1) is 0 Å². The van der Waals surface area contributed by atoms with Crippen molar-refractivity contribution in [3.05, 3.63) is 0 Å². The second-order valence-corrected chi connectivity index (χ2v) is 6.14. The molecule has 0 aromatic carbocycles. The number of nitrogens with zero attached hydrogens (tertiary/aromatic N) is 1. The molecule has 120 valence electrons. The van der Waals surface area contributed by atoms with E-state index in [1.807, 2.05) is 0 Å². The number of hydrogen-bond donors (Lipinski definition) is 2. The third kappa shape index (κ3) is 6.33. The first-order valence-electron chi connectivity index (χ1n) is 7.97. The quantitative estimate of drug-likeness (QED) is 0.635. The van der Waals surface area contributed by atoms with E-state index in [2.05, 4.69) is 5.32 Å². The number of hydrogen-bond acceptors (Lipinski definition) is 3. The molecular weight excluding hydrogens is 272 g/mol. The molecule has 2 N–H and O–H groups in total. The Morgan fingerprint density at radius 1 is 1.24 bits per heavy atom. The first kappa shape index (κ1) is 16.1. The zero-order valence-electron chi connectivity index (χ0n) is 12.6. The molecule has 2 aliphatic rings. The van der Waals surface area contributed by atoms with Gasteiger partial charge < -0.3 is 20.1 Å². The summed E-state index contributed by atoms with van der Waals surface area (Å²) in [4.78, 5) is 24.3. The van der Waals surface area contributed by atoms with Crippen LogP contribution in [0.15, 0.2) is 0 Å². The Kier molecular flexibility index (Phi) is 6.29. The zero-order valence-corrected chi connectivity index (χ0v) is 12.6. The summed E-state index contributed by atoms with van der Waals surface area (Å²) in [5.74, 6) is 0.352. The standard InChI is InChI=1S/C15H26N2O4/c18-14(19)5-4-12-6-8-17(10-12)15(20)16-7-1-9-21-11-13-2-3-13/h12-13H,1-11H2,(H,16,20)(H,18,19). The Balaban J connectivity index is 1.49. The van der Waals surface area contributed by atoms with Crippen molar-refractivity contribution in [1.29, 1.82) is 0 Å². The van der Waals surface area contributed by atoms with Gasteiger partial charge in [-0.25, -0.2) is 4.79 Å². The third-order valence-corrected chi connectivity index (χ3v) is 4.13. The fourth-order valence-corrected chi connectivity index (χ4v) is 2.60. The van der Waals surface area contributed by atoms with E-state index < -0.39 is 5.97 Å². The molecule has 6 nitrogen and oxygen atoms in total. The van der Waals surface area contributed by atoms with Crippen molar-refractivity contribution in [3.8, 4) is 0 Å². The van der Waals surface area contributed by atoms with Crippen LogP contribution in [0.2, 0.25) is 0 Å². The average Bonchev–Trinajstić information content (AvgIpc) is 3.15. The molecular formula is C15H26N2O4. The first-order chi connectivity index (χ1) is 10.1. The average molecular weight is 298 g/mol. The number of ether oxygens (including phenoxy) is 1. The largest absolute Gasteiger partial charge is 0.481 e. The highest BCUT2D eigenvalue weighted by molar-refractivity contribution is 5.74. The monoisotopic (exact) mass is 298 g/mol. The number of carboxylic acid groups (broad SMARTS) is 1. The molecule has 0 aromatic heterocycles. The van der Waals surface area contributed by atoms with Crippen molar-refractivity contribution in [2.45, 2.75) is 38.5 Å². The molecule has 2 fully saturated rings. The van der Waals surface area contributed by atoms with Crippen LogP contribution in [-0.2, 0) is 9.53 Å². The maximum absolute atomic E-state index is 11.9. The Labute approximate surface area is 125 Å². The fraction of sp³-hybridized carbons (Fsp3) is 0.867. The van der Waals surface area contributed by atoms with Crippen molar-refractivity contribution in [1.82, 2.24) is 10.2 Å². The molecule has 0 radical (unpaired) electrons. The third-order valence-electron chi connectivity index (χ3n) is 4.13. The van der Waals surface area contributed by atoms with Crippen LogP contribution in [0.4, 0.5) is 4.79 Å². The lowest BCUT2D eigenvalue weighted by Gasteiger charge is -2.17. The number of nitrogens with one attached hydrogen (secondary N) is 1. The van der Waals surface area contributed by atoms with Gasteiger partial charge in [0.2, 0.25) is 0 Å². The zero-order chi connectivity index (χ0) is 15.1. The summed E-state index contributed by atoms with van der Waals surface area (Å²) in [5.41, 5.74) is 0. The van der Waals surface area contributed by atoms with Gasteiger partial charge in [0.15, 0.2) is 0 Å². The molecule has 6 heteroatoms. The summed E-state index contributed by atoms with van der Waals surface area (Å²) < 4.78 is 5.52. The molecule has 1 saturated heterocycles. The predicted molar refractivity (Wildman–Crippen MR) is 78.1 cm³/mol. The van der Waals surface area contributed by atoms with Crippen molar-refractivity contribution in [3.63, 3.8) is 0 Å². The SMILES string of the molecule is O=C(O)CCC1CCN(C(=O)NCCCOCC2CC2)C1. The number of rotatable bonds is 9. The number of aliphatic carboxylic acids is 1. The lowest BCUT2D eigenvalue weighted by atomic mass is 10.0. The van der Waals surface area contributed by atoms with Crippen LogP contribution in [0.25, 0.3) is 0 Å². The maximum atomic E-state index is 11.9. The number of carbonyl (C=O) groups excluding carboxylic acids is 1. The van der Waals surface area contributed by atoms with E-state index in [4.69, 9.17) is 9.84 Å². The smallest absolute Gasteiger partial charge is 0.317 e. The van der Waals surface area contributed by atoms with Crippen LogP contribution in [0, 0.1) is 11.8 Å². The van der Waals surface area contributed by atoms with Crippen LogP contribution in [-0.4, -0.2) is 54.9 Å². The summed E-state index contributed by atoms with van der Waals surface area (Å²) in [6.07, 6.45) is 5.20. The van der Waals surface area contributed by atoms with E-state index >= 15 is 0 Å². The lowest BCUT2D eigenvalue weighted by molar-refractivity contribution is -0.137. The Hall–Kier alpha value is -1.30. The van der Waals surface area contributed by atoms with Gasteiger partial charge in [-0.1, -0.05) is 0 Å². The molecule has 0 bridgehead atoms. The van der Waals surface area contributed by atoms with Gasteiger partial charge in [-0.3, -0.25) is 4.79 Å². The number of likely N-dealkylation sites (tertiary alicyclic amines) is 1. The molecule has 21 heavy (non-hydrogen) atoms. The molecule has 0 aromatic rings. The fourth-order valence-electron chi connectivity index (χ4n) is 2.60. The molecule has 1 unspecified atom stereocenters. The normalized spacial score (nSPS) is 21.5. The topological polar surface area (TPSA) is 78.9 Å². The van der Waals surface area contributed by atoms with E-state index in [0.29, 0.717) is 32.0 Å². The molecule has 1 saturated carbocycles. The highest BCUT2D eigenvalue weighted by atomic mass is 16.5. The van der Waals surface area contributed by atoms with Crippen molar-refractivity contribution < 1.29 is 19.4 Å². The maximum Gasteiger partial charge on any atom is 0.317 e. The summed E-state index contributed by atoms with van der Waals surface area (Å²) in [5, 5.41) is 11.6. The second-order valence-electron chi connectivity index (χ2n) is 6.14. The molecule has 2 rings (SSSR count). The van der Waals surface area contributed by atoms with Gasteiger partial charge in [-0.05, 0) is 43.9 Å². The number of amides is 2. The first-order valence-corrected chi connectivity index (χ1v) is 7.97. The van der Waals surface area contributed by atoms with Crippen LogP contribution < -0.4 is 5.32 Å². The second kappa shape index (κ2) is 8.22. The summed E-state index contributed by atoms with van der Waals surface area (Å²) in [6.45, 7) is 3.62. The van der Waals surface area contributed by atoms with Gasteiger partial charge in [0.05, 0.1) is 0 Å². The number of carboxylic acids is 1. The van der Waals surface area contributed by atoms with E-state index in [9.17, 15) is 9.59 Å². The van der Waals surface area contributed by atoms with Crippen LogP contribution in [0.1, 0.15) is 38.5 Å². The highest BCUT2D eigenvalue weighted by Crippen LogP contribution is 2.28. The summed E-state index contributed by atoms with van der Waals surface area (Å²) >= 11 is 0. The van der Waals surface area contributed by atoms with E-state index in [1.165, 1.54) is 12.8 Å². The Morgan fingerprint density at radius 3 is 2.76 bits per heavy atom. The molecule has 1 aliphatic carbocycles. The molecule has 1 heterocycles. The van der Waals surface area contributed by atoms with E-state index in [0.717, 1.165) is 31.9 Å². The van der Waals surface area contributed by atoms with Crippen molar-refractivity contribution in [2.24, 2.45) is 11.8 Å². The number of urea groups is 1. The Bertz CT molecular complexity index is 358. The van der Waals surface area contributed by atoms with Crippen LogP contribution >= 0.6 is 0 Å². The van der Waals surface area contributed by atoms with Crippen molar-refractivity contribution in [2.75, 3.05) is 32.8 Å². The Morgan fingerprint density at radius 2 is 2.05 bits per heavy atom. The molecule has 1 aliphatic heterocycles. The van der Waals surface area contributed by atoms with Gasteiger partial charge in [0.1, 0.15) is 0 Å². The summed E-state index contributed by atoms with van der Waals surface area (Å²) in [6, 6.07) is -0.0324. The van der Waals surface area contributed by atoms with Crippen LogP contribution in [0.5, 0.6) is 0 Å². The minimum Gasteiger partial charge on any atom is -0.481 e. The van der Waals surface area contributed by atoms with Crippen molar-refractivity contribution >= 4 is 12.0 Å². The highest BCUT2D eigenvalue weighted by Gasteiger charge is 2.26. The van der Waals surface area contributed by atoms with Gasteiger partial charge in [0.25, 0.3) is 0 Å². The minimum atomic E-state index is -0.760. The van der Waals surface area contributed by atoms with Crippen LogP contribution in [0.3, 0.4) is 0 Å². The molecule has 1 atom stereocenters. The summed E-state index contributed by atoms with van der Waals surface area (Å²) in [7, 11) is 0. The van der Waals surface area contributed by atoms with Gasteiger partial charge >= 0.3 is 12.0 Å². The predicted octanol–water partition coefficient (Wildman–Crippen LogP) is 1.70. The van der Waals surface area contributed by atoms with Gasteiger partial charge in [0, 0.05) is 39.3 Å². The lowest BCUT2D eigenvalue weighted by Crippen LogP contribution is -2.39. The molecule has 2 amide bonds. The van der Waals surface area contributed by atoms with E-state index in [-0.39, 0.29) is 12.5 Å². The number of carbonyl (C=O) groups is 2.